The van der Waals surface area contributed by atoms with Gasteiger partial charge in [0.2, 0.25) is 5.95 Å². The molecule has 3 heterocycles. The van der Waals surface area contributed by atoms with Gasteiger partial charge in [-0.3, -0.25) is 4.90 Å². The van der Waals surface area contributed by atoms with Crippen molar-refractivity contribution in [2.24, 2.45) is 0 Å². The van der Waals surface area contributed by atoms with Gasteiger partial charge in [0, 0.05) is 36.2 Å². The summed E-state index contributed by atoms with van der Waals surface area (Å²) in [6.07, 6.45) is -0.508. The molecule has 6 nitrogen and oxygen atoms in total. The second-order valence-electron chi connectivity index (χ2n) is 10.2. The van der Waals surface area contributed by atoms with Crippen LogP contribution in [0.25, 0.3) is 10.4 Å². The first kappa shape index (κ1) is 25.5. The minimum absolute atomic E-state index is 0.0308. The summed E-state index contributed by atoms with van der Waals surface area (Å²) < 4.78 is 39.0. The zero-order valence-corrected chi connectivity index (χ0v) is 21.3. The fourth-order valence-electron chi connectivity index (χ4n) is 4.74. The van der Waals surface area contributed by atoms with Crippen LogP contribution >= 0.6 is 11.3 Å². The van der Waals surface area contributed by atoms with E-state index in [4.69, 9.17) is 0 Å². The predicted molar refractivity (Wildman–Crippen MR) is 132 cm³/mol. The average molecular weight is 506 g/mol. The van der Waals surface area contributed by atoms with Crippen LogP contribution in [-0.4, -0.2) is 43.1 Å². The van der Waals surface area contributed by atoms with Crippen molar-refractivity contribution in [1.29, 1.82) is 0 Å². The van der Waals surface area contributed by atoms with Gasteiger partial charge in [0.25, 0.3) is 0 Å². The number of benzene rings is 1. The molecule has 2 atom stereocenters. The normalized spacial score (nSPS) is 21.8. The Morgan fingerprint density at radius 2 is 1.91 bits per heavy atom. The predicted octanol–water partition coefficient (Wildman–Crippen LogP) is 6.14. The maximum absolute atomic E-state index is 13.0. The number of hydrogen-bond acceptors (Lipinski definition) is 7. The molecule has 0 amide bonds. The summed E-state index contributed by atoms with van der Waals surface area (Å²) in [6, 6.07) is 6.66. The van der Waals surface area contributed by atoms with Crippen LogP contribution in [0.4, 0.5) is 24.8 Å². The zero-order chi connectivity index (χ0) is 25.6. The largest absolute Gasteiger partial charge is 0.433 e. The number of hydrogen-bond donors (Lipinski definition) is 2. The summed E-state index contributed by atoms with van der Waals surface area (Å²) in [5, 5.41) is 15.0. The highest BCUT2D eigenvalue weighted by atomic mass is 32.1. The van der Waals surface area contributed by atoms with Gasteiger partial charge in [-0.2, -0.15) is 13.2 Å². The lowest BCUT2D eigenvalue weighted by molar-refractivity contribution is -0.141. The van der Waals surface area contributed by atoms with Crippen LogP contribution < -0.4 is 5.32 Å². The number of likely N-dealkylation sites (tertiary alicyclic amines) is 1. The maximum atomic E-state index is 13.0. The minimum atomic E-state index is -4.54. The van der Waals surface area contributed by atoms with Gasteiger partial charge in [-0.05, 0) is 76.8 Å². The molecule has 1 aliphatic heterocycles. The van der Waals surface area contributed by atoms with E-state index in [2.05, 4.69) is 52.9 Å². The number of piperidine rings is 1. The topological polar surface area (TPSA) is 74.2 Å². The molecule has 1 aliphatic rings. The number of aromatic nitrogens is 3. The number of alkyl halides is 3. The Balaban J connectivity index is 1.56. The fourth-order valence-corrected chi connectivity index (χ4v) is 5.77. The van der Waals surface area contributed by atoms with E-state index in [0.29, 0.717) is 23.5 Å². The second-order valence-corrected chi connectivity index (χ2v) is 11.2. The number of nitrogens with zero attached hydrogens (tertiary/aromatic N) is 4. The van der Waals surface area contributed by atoms with E-state index in [0.717, 1.165) is 34.8 Å². The smallest absolute Gasteiger partial charge is 0.383 e. The van der Waals surface area contributed by atoms with E-state index >= 15 is 0 Å². The molecule has 2 aromatic heterocycles. The first-order valence-corrected chi connectivity index (χ1v) is 12.3. The van der Waals surface area contributed by atoms with Crippen molar-refractivity contribution in [3.05, 3.63) is 52.9 Å². The van der Waals surface area contributed by atoms with Gasteiger partial charge < -0.3 is 10.4 Å². The van der Waals surface area contributed by atoms with Gasteiger partial charge in [0.1, 0.15) is 16.3 Å². The third-order valence-electron chi connectivity index (χ3n) is 6.26. The Bertz CT molecular complexity index is 1210. The Hall–Kier alpha value is -2.56. The van der Waals surface area contributed by atoms with Gasteiger partial charge in [0.05, 0.1) is 4.88 Å². The number of aryl methyl sites for hydroxylation is 1. The van der Waals surface area contributed by atoms with Gasteiger partial charge >= 0.3 is 6.18 Å². The van der Waals surface area contributed by atoms with Crippen molar-refractivity contribution in [2.75, 3.05) is 11.9 Å². The molecule has 188 valence electrons. The van der Waals surface area contributed by atoms with Gasteiger partial charge in [-0.15, -0.1) is 11.3 Å². The molecule has 1 fully saturated rings. The lowest BCUT2D eigenvalue weighted by Crippen LogP contribution is -2.54. The molecule has 0 saturated carbocycles. The maximum Gasteiger partial charge on any atom is 0.433 e. The fraction of sp³-hybridized carbons (Fsp3) is 0.480. The standard InChI is InChI=1S/C25H30F3N5OS/c1-15-10-17(12-18(11-15)31-22-29-8-6-20(32-22)25(26,27)28)19-14-30-21(35-19)24(34)7-9-33(16(2)13-24)23(3,4)5/h6,8,10-12,14,16,34H,7,9,13H2,1-5H3,(H,29,31,32). The molecular weight excluding hydrogens is 475 g/mol. The first-order chi connectivity index (χ1) is 16.2. The molecule has 2 unspecified atom stereocenters. The molecule has 1 saturated heterocycles. The molecule has 0 aliphatic carbocycles. The molecule has 0 radical (unpaired) electrons. The van der Waals surface area contributed by atoms with Crippen molar-refractivity contribution in [3.8, 4) is 10.4 Å². The molecule has 2 N–H and O–H groups in total. The second kappa shape index (κ2) is 9.15. The van der Waals surface area contributed by atoms with Crippen LogP contribution in [0.1, 0.15) is 56.8 Å². The van der Waals surface area contributed by atoms with Crippen LogP contribution in [0.2, 0.25) is 0 Å². The Kier molecular flexibility index (Phi) is 6.67. The quantitative estimate of drug-likeness (QED) is 0.444. The van der Waals surface area contributed by atoms with Crippen molar-refractivity contribution >= 4 is 23.0 Å². The molecule has 0 bridgehead atoms. The summed E-state index contributed by atoms with van der Waals surface area (Å²) in [6.45, 7) is 11.4. The minimum Gasteiger partial charge on any atom is -0.383 e. The summed E-state index contributed by atoms with van der Waals surface area (Å²) in [7, 11) is 0. The third-order valence-corrected chi connectivity index (χ3v) is 7.50. The molecule has 1 aromatic carbocycles. The summed E-state index contributed by atoms with van der Waals surface area (Å²) in [5.41, 5.74) is 0.379. The molecule has 3 aromatic rings. The van der Waals surface area contributed by atoms with E-state index in [1.807, 2.05) is 25.1 Å². The van der Waals surface area contributed by atoms with Gasteiger partial charge in [-0.1, -0.05) is 6.07 Å². The van der Waals surface area contributed by atoms with Gasteiger partial charge in [-0.25, -0.2) is 15.0 Å². The van der Waals surface area contributed by atoms with Crippen molar-refractivity contribution in [1.82, 2.24) is 19.9 Å². The number of nitrogens with one attached hydrogen (secondary N) is 1. The number of anilines is 2. The molecular formula is C25H30F3N5OS. The number of halogens is 3. The first-order valence-electron chi connectivity index (χ1n) is 11.5. The van der Waals surface area contributed by atoms with E-state index in [9.17, 15) is 18.3 Å². The van der Waals surface area contributed by atoms with Crippen molar-refractivity contribution in [3.63, 3.8) is 0 Å². The number of thiazole rings is 1. The monoisotopic (exact) mass is 505 g/mol. The lowest BCUT2D eigenvalue weighted by atomic mass is 9.85. The summed E-state index contributed by atoms with van der Waals surface area (Å²) in [5.74, 6) is -0.129. The Morgan fingerprint density at radius 3 is 2.57 bits per heavy atom. The summed E-state index contributed by atoms with van der Waals surface area (Å²) in [4.78, 5) is 15.3. The SMILES string of the molecule is Cc1cc(Nc2nccc(C(F)(F)F)n2)cc(-c2cnc(C3(O)CCN(C(C)(C)C)C(C)C3)s2)c1. The molecule has 4 rings (SSSR count). The Labute approximate surface area is 207 Å². The van der Waals surface area contributed by atoms with Crippen LogP contribution in [-0.2, 0) is 11.8 Å². The van der Waals surface area contributed by atoms with E-state index in [1.165, 1.54) is 11.3 Å². The highest BCUT2D eigenvalue weighted by molar-refractivity contribution is 7.15. The van der Waals surface area contributed by atoms with Crippen LogP contribution in [0.15, 0.2) is 36.7 Å². The van der Waals surface area contributed by atoms with E-state index < -0.39 is 17.5 Å². The lowest BCUT2D eigenvalue weighted by Gasteiger charge is -2.48. The average Bonchev–Trinajstić information content (AvgIpc) is 3.23. The van der Waals surface area contributed by atoms with E-state index in [-0.39, 0.29) is 17.5 Å². The molecule has 10 heteroatoms. The third kappa shape index (κ3) is 5.65. The molecule has 35 heavy (non-hydrogen) atoms. The van der Waals surface area contributed by atoms with Crippen LogP contribution in [0.5, 0.6) is 0 Å². The summed E-state index contributed by atoms with van der Waals surface area (Å²) >= 11 is 1.44. The number of rotatable bonds is 4. The highest BCUT2D eigenvalue weighted by Gasteiger charge is 2.42. The van der Waals surface area contributed by atoms with E-state index in [1.54, 1.807) is 6.20 Å². The van der Waals surface area contributed by atoms with Crippen LogP contribution in [0.3, 0.4) is 0 Å². The zero-order valence-electron chi connectivity index (χ0n) is 20.4. The van der Waals surface area contributed by atoms with Crippen LogP contribution in [0, 0.1) is 6.92 Å². The number of aliphatic hydroxyl groups is 1. The Morgan fingerprint density at radius 1 is 1.17 bits per heavy atom. The van der Waals surface area contributed by atoms with Gasteiger partial charge in [0.15, 0.2) is 0 Å². The highest BCUT2D eigenvalue weighted by Crippen LogP contribution is 2.42. The van der Waals surface area contributed by atoms with Crippen molar-refractivity contribution < 1.29 is 18.3 Å². The molecule has 0 spiro atoms. The van der Waals surface area contributed by atoms with Crippen molar-refractivity contribution in [2.45, 2.75) is 70.8 Å².